The van der Waals surface area contributed by atoms with E-state index in [0.717, 1.165) is 27.7 Å². The van der Waals surface area contributed by atoms with Crippen LogP contribution in [0.25, 0.3) is 10.9 Å². The van der Waals surface area contributed by atoms with Crippen molar-refractivity contribution in [3.63, 3.8) is 0 Å². The molecule has 0 saturated carbocycles. The number of aliphatic hydroxyl groups excluding tert-OH is 1. The van der Waals surface area contributed by atoms with Gasteiger partial charge in [0.2, 0.25) is 5.91 Å². The van der Waals surface area contributed by atoms with E-state index < -0.39 is 0 Å². The van der Waals surface area contributed by atoms with Gasteiger partial charge in [0.05, 0.1) is 6.61 Å². The summed E-state index contributed by atoms with van der Waals surface area (Å²) < 4.78 is 2.04. The molecule has 24 heavy (non-hydrogen) atoms. The van der Waals surface area contributed by atoms with Crippen molar-refractivity contribution in [1.29, 1.82) is 0 Å². The molecular weight excluding hydrogens is 324 g/mol. The van der Waals surface area contributed by atoms with Crippen molar-refractivity contribution in [2.75, 3.05) is 5.32 Å². The van der Waals surface area contributed by atoms with Crippen LogP contribution in [0.2, 0.25) is 5.02 Å². The van der Waals surface area contributed by atoms with E-state index in [9.17, 15) is 9.90 Å². The number of halogens is 1. The highest BCUT2D eigenvalue weighted by atomic mass is 35.5. The minimum absolute atomic E-state index is 0.0406. The molecular formula is C19H19ClN2O2. The van der Waals surface area contributed by atoms with Crippen LogP contribution in [0.3, 0.4) is 0 Å². The van der Waals surface area contributed by atoms with Crippen molar-refractivity contribution < 1.29 is 9.90 Å². The normalized spacial score (nSPS) is 11.0. The molecule has 0 unspecified atom stereocenters. The predicted molar refractivity (Wildman–Crippen MR) is 97.3 cm³/mol. The maximum absolute atomic E-state index is 12.2. The Bertz CT molecular complexity index is 886. The van der Waals surface area contributed by atoms with Gasteiger partial charge in [-0.1, -0.05) is 23.7 Å². The zero-order valence-electron chi connectivity index (χ0n) is 13.4. The molecule has 2 N–H and O–H groups in total. The molecule has 1 aromatic heterocycles. The molecule has 1 heterocycles. The van der Waals surface area contributed by atoms with Crippen LogP contribution in [0.15, 0.2) is 48.7 Å². The summed E-state index contributed by atoms with van der Waals surface area (Å²) in [7, 11) is 0. The number of hydrogen-bond donors (Lipinski definition) is 2. The van der Waals surface area contributed by atoms with Crippen LogP contribution in [0.1, 0.15) is 17.5 Å². The summed E-state index contributed by atoms with van der Waals surface area (Å²) in [6, 6.07) is 13.3. The first kappa shape index (κ1) is 16.6. The van der Waals surface area contributed by atoms with Gasteiger partial charge in [0.25, 0.3) is 0 Å². The van der Waals surface area contributed by atoms with Crippen LogP contribution in [0.5, 0.6) is 0 Å². The number of amides is 1. The standard InChI is InChI=1S/C19H19ClN2O2/c1-13-2-3-14(12-23)10-17(13)21-19(24)7-9-22-8-6-15-11-16(20)4-5-18(15)22/h2-6,8,10-11,23H,7,9,12H2,1H3,(H,21,24). The molecule has 2 aromatic carbocycles. The number of anilines is 1. The molecule has 3 rings (SSSR count). The van der Waals surface area contributed by atoms with E-state index in [-0.39, 0.29) is 12.5 Å². The zero-order chi connectivity index (χ0) is 17.1. The Morgan fingerprint density at radius 2 is 2.04 bits per heavy atom. The highest BCUT2D eigenvalue weighted by Gasteiger charge is 2.08. The number of rotatable bonds is 5. The van der Waals surface area contributed by atoms with Crippen molar-refractivity contribution in [3.8, 4) is 0 Å². The number of carbonyl (C=O) groups excluding carboxylic acids is 1. The number of carbonyl (C=O) groups is 1. The van der Waals surface area contributed by atoms with Crippen LogP contribution in [0.4, 0.5) is 5.69 Å². The number of nitrogens with one attached hydrogen (secondary N) is 1. The van der Waals surface area contributed by atoms with Gasteiger partial charge in [0, 0.05) is 40.8 Å². The Balaban J connectivity index is 1.67. The van der Waals surface area contributed by atoms with E-state index in [4.69, 9.17) is 11.6 Å². The number of benzene rings is 2. The first-order chi connectivity index (χ1) is 11.6. The zero-order valence-corrected chi connectivity index (χ0v) is 14.2. The summed E-state index contributed by atoms with van der Waals surface area (Å²) in [5.41, 5.74) is 3.56. The lowest BCUT2D eigenvalue weighted by molar-refractivity contribution is -0.116. The Morgan fingerprint density at radius 1 is 1.21 bits per heavy atom. The number of fused-ring (bicyclic) bond motifs is 1. The lowest BCUT2D eigenvalue weighted by Gasteiger charge is -2.11. The van der Waals surface area contributed by atoms with Gasteiger partial charge in [-0.05, 0) is 48.4 Å². The molecule has 4 nitrogen and oxygen atoms in total. The lowest BCUT2D eigenvalue weighted by Crippen LogP contribution is -2.15. The molecule has 0 saturated heterocycles. The molecule has 0 aliphatic rings. The number of aliphatic hydroxyl groups is 1. The summed E-state index contributed by atoms with van der Waals surface area (Å²) in [5.74, 6) is -0.0518. The summed E-state index contributed by atoms with van der Waals surface area (Å²) >= 11 is 5.99. The molecule has 0 radical (unpaired) electrons. The van der Waals surface area contributed by atoms with Crippen LogP contribution >= 0.6 is 11.6 Å². The SMILES string of the molecule is Cc1ccc(CO)cc1NC(=O)CCn1ccc2cc(Cl)ccc21. The third kappa shape index (κ3) is 3.61. The number of hydrogen-bond acceptors (Lipinski definition) is 2. The van der Waals surface area contributed by atoms with Crippen LogP contribution in [0, 0.1) is 6.92 Å². The number of aromatic nitrogens is 1. The average molecular weight is 343 g/mol. The second kappa shape index (κ2) is 7.07. The minimum atomic E-state index is -0.0518. The smallest absolute Gasteiger partial charge is 0.226 e. The Labute approximate surface area is 145 Å². The molecule has 5 heteroatoms. The average Bonchev–Trinajstić information content (AvgIpc) is 2.97. The van der Waals surface area contributed by atoms with Crippen LogP contribution < -0.4 is 5.32 Å². The van der Waals surface area contributed by atoms with Gasteiger partial charge in [-0.15, -0.1) is 0 Å². The molecule has 0 aliphatic heterocycles. The first-order valence-corrected chi connectivity index (χ1v) is 8.19. The minimum Gasteiger partial charge on any atom is -0.392 e. The maximum Gasteiger partial charge on any atom is 0.226 e. The molecule has 1 amide bonds. The Hall–Kier alpha value is -2.30. The molecule has 3 aromatic rings. The lowest BCUT2D eigenvalue weighted by atomic mass is 10.1. The first-order valence-electron chi connectivity index (χ1n) is 7.81. The quantitative estimate of drug-likeness (QED) is 0.732. The molecule has 0 fully saturated rings. The van der Waals surface area contributed by atoms with Gasteiger partial charge >= 0.3 is 0 Å². The van der Waals surface area contributed by atoms with Gasteiger partial charge in [-0.2, -0.15) is 0 Å². The second-order valence-electron chi connectivity index (χ2n) is 5.82. The van der Waals surface area contributed by atoms with Gasteiger partial charge < -0.3 is 15.0 Å². The summed E-state index contributed by atoms with van der Waals surface area (Å²) in [6.07, 6.45) is 2.33. The largest absolute Gasteiger partial charge is 0.392 e. The van der Waals surface area contributed by atoms with Gasteiger partial charge in [-0.3, -0.25) is 4.79 Å². The highest BCUT2D eigenvalue weighted by Crippen LogP contribution is 2.21. The van der Waals surface area contributed by atoms with Crippen molar-refractivity contribution in [2.45, 2.75) is 26.5 Å². The fourth-order valence-corrected chi connectivity index (χ4v) is 2.88. The Kier molecular flexibility index (Phi) is 4.88. The van der Waals surface area contributed by atoms with E-state index in [0.29, 0.717) is 18.0 Å². The number of aryl methyl sites for hydroxylation is 2. The molecule has 0 bridgehead atoms. The number of nitrogens with zero attached hydrogens (tertiary/aromatic N) is 1. The second-order valence-corrected chi connectivity index (χ2v) is 6.25. The third-order valence-corrected chi connectivity index (χ3v) is 4.31. The van der Waals surface area contributed by atoms with Crippen molar-refractivity contribution in [3.05, 3.63) is 64.8 Å². The summed E-state index contributed by atoms with van der Waals surface area (Å²) in [6.45, 7) is 2.48. The molecule has 0 aliphatic carbocycles. The topological polar surface area (TPSA) is 54.3 Å². The van der Waals surface area contributed by atoms with Gasteiger partial charge in [0.15, 0.2) is 0 Å². The fraction of sp³-hybridized carbons (Fsp3) is 0.211. The van der Waals surface area contributed by atoms with Crippen molar-refractivity contribution in [1.82, 2.24) is 4.57 Å². The van der Waals surface area contributed by atoms with Crippen molar-refractivity contribution >= 4 is 34.1 Å². The van der Waals surface area contributed by atoms with Gasteiger partial charge in [0.1, 0.15) is 0 Å². The maximum atomic E-state index is 12.2. The monoisotopic (exact) mass is 342 g/mol. The van der Waals surface area contributed by atoms with E-state index in [1.807, 2.05) is 54.1 Å². The van der Waals surface area contributed by atoms with E-state index in [1.165, 1.54) is 0 Å². The Morgan fingerprint density at radius 3 is 2.83 bits per heavy atom. The van der Waals surface area contributed by atoms with E-state index in [1.54, 1.807) is 6.07 Å². The van der Waals surface area contributed by atoms with Gasteiger partial charge in [-0.25, -0.2) is 0 Å². The van der Waals surface area contributed by atoms with Crippen molar-refractivity contribution in [2.24, 2.45) is 0 Å². The fourth-order valence-electron chi connectivity index (χ4n) is 2.70. The van der Waals surface area contributed by atoms with Crippen LogP contribution in [-0.4, -0.2) is 15.6 Å². The van der Waals surface area contributed by atoms with Crippen LogP contribution in [-0.2, 0) is 17.9 Å². The van der Waals surface area contributed by atoms with E-state index >= 15 is 0 Å². The van der Waals surface area contributed by atoms with E-state index in [2.05, 4.69) is 5.32 Å². The highest BCUT2D eigenvalue weighted by molar-refractivity contribution is 6.31. The molecule has 124 valence electrons. The summed E-state index contributed by atoms with van der Waals surface area (Å²) in [5, 5.41) is 13.9. The molecule has 0 spiro atoms. The third-order valence-electron chi connectivity index (χ3n) is 4.07. The summed E-state index contributed by atoms with van der Waals surface area (Å²) in [4.78, 5) is 12.2. The molecule has 0 atom stereocenters. The predicted octanol–water partition coefficient (Wildman–Crippen LogP) is 4.12.